The molecule has 4 aromatic rings. The van der Waals surface area contributed by atoms with E-state index >= 15 is 0 Å². The summed E-state index contributed by atoms with van der Waals surface area (Å²) < 4.78 is 1.73. The number of carbonyl (C=O) groups is 1. The SMILES string of the molecule is CC(=O)Nc1cc(=O)c2cc(Br)ccc2[nH]1.Nc1cc(=O)c2cc(Br)ccc2[nH]1. The number of aromatic nitrogens is 2. The molecule has 0 aliphatic heterocycles. The molecule has 29 heavy (non-hydrogen) atoms. The molecule has 0 saturated carbocycles. The van der Waals surface area contributed by atoms with Gasteiger partial charge in [0, 0.05) is 38.8 Å². The molecule has 0 spiro atoms. The molecule has 7 nitrogen and oxygen atoms in total. The molecule has 5 N–H and O–H groups in total. The number of carbonyl (C=O) groups excluding carboxylic acids is 1. The zero-order valence-electron chi connectivity index (χ0n) is 15.2. The minimum atomic E-state index is -0.216. The van der Waals surface area contributed by atoms with E-state index in [9.17, 15) is 14.4 Å². The second kappa shape index (κ2) is 8.62. The van der Waals surface area contributed by atoms with E-state index in [1.165, 1.54) is 19.1 Å². The van der Waals surface area contributed by atoms with Crippen LogP contribution in [0.1, 0.15) is 6.92 Å². The Hall–Kier alpha value is -2.91. The number of nitrogens with two attached hydrogens (primary N) is 1. The molecular weight excluding hydrogens is 504 g/mol. The Morgan fingerprint density at radius 2 is 1.38 bits per heavy atom. The predicted octanol–water partition coefficient (Wildman–Crippen LogP) is 4.12. The summed E-state index contributed by atoms with van der Waals surface area (Å²) in [6, 6.07) is 13.6. The molecule has 2 aromatic carbocycles. The van der Waals surface area contributed by atoms with Crippen LogP contribution in [-0.4, -0.2) is 15.9 Å². The molecule has 4 rings (SSSR count). The zero-order valence-corrected chi connectivity index (χ0v) is 18.3. The number of amides is 1. The molecule has 0 aliphatic carbocycles. The van der Waals surface area contributed by atoms with E-state index in [4.69, 9.17) is 5.73 Å². The fourth-order valence-corrected chi connectivity index (χ4v) is 3.44. The fraction of sp³-hybridized carbons (Fsp3) is 0.0500. The Kier molecular flexibility index (Phi) is 6.19. The van der Waals surface area contributed by atoms with Crippen molar-refractivity contribution < 1.29 is 4.79 Å². The van der Waals surface area contributed by atoms with Gasteiger partial charge in [-0.25, -0.2) is 0 Å². The Bertz CT molecular complexity index is 1350. The highest BCUT2D eigenvalue weighted by Crippen LogP contribution is 2.17. The van der Waals surface area contributed by atoms with E-state index in [1.807, 2.05) is 18.2 Å². The van der Waals surface area contributed by atoms with Gasteiger partial charge in [-0.1, -0.05) is 31.9 Å². The molecule has 2 aromatic heterocycles. The van der Waals surface area contributed by atoms with Crippen molar-refractivity contribution >= 4 is 71.2 Å². The first-order valence-corrected chi connectivity index (χ1v) is 10.00. The minimum Gasteiger partial charge on any atom is -0.385 e. The van der Waals surface area contributed by atoms with Crippen molar-refractivity contribution in [3.8, 4) is 0 Å². The van der Waals surface area contributed by atoms with Gasteiger partial charge in [0.05, 0.1) is 11.0 Å². The second-order valence-electron chi connectivity index (χ2n) is 6.20. The smallest absolute Gasteiger partial charge is 0.222 e. The summed E-state index contributed by atoms with van der Waals surface area (Å²) in [5.41, 5.74) is 6.76. The number of rotatable bonds is 1. The van der Waals surface area contributed by atoms with Gasteiger partial charge in [-0.2, -0.15) is 0 Å². The Balaban J connectivity index is 0.000000169. The van der Waals surface area contributed by atoms with Crippen LogP contribution in [-0.2, 0) is 4.79 Å². The number of aromatic amines is 2. The monoisotopic (exact) mass is 518 g/mol. The Morgan fingerprint density at radius 1 is 0.862 bits per heavy atom. The average molecular weight is 520 g/mol. The standard InChI is InChI=1S/C11H9BrN2O2.C9H7BrN2O/c1-6(15)13-11-5-10(16)8-4-7(12)2-3-9(8)14-11;10-5-1-2-7-6(3-5)8(13)4-9(11)12-7/h2-5H,1H3,(H2,13,14,15,16);1-4H,(H3,11,12,13). The largest absolute Gasteiger partial charge is 0.385 e. The zero-order chi connectivity index (χ0) is 21.1. The van der Waals surface area contributed by atoms with Crippen LogP contribution in [0, 0.1) is 0 Å². The molecule has 9 heteroatoms. The van der Waals surface area contributed by atoms with Crippen molar-refractivity contribution in [2.75, 3.05) is 11.1 Å². The summed E-state index contributed by atoms with van der Waals surface area (Å²) in [6.45, 7) is 1.39. The molecule has 0 saturated heterocycles. The minimum absolute atomic E-state index is 0.0625. The number of benzene rings is 2. The predicted molar refractivity (Wildman–Crippen MR) is 123 cm³/mol. The Labute approximate surface area is 181 Å². The quantitative estimate of drug-likeness (QED) is 0.302. The first-order valence-electron chi connectivity index (χ1n) is 8.41. The molecular formula is C20H16Br2N4O3. The number of fused-ring (bicyclic) bond motifs is 2. The second-order valence-corrected chi connectivity index (χ2v) is 8.03. The van der Waals surface area contributed by atoms with E-state index in [2.05, 4.69) is 47.1 Å². The third-order valence-corrected chi connectivity index (χ3v) is 4.90. The van der Waals surface area contributed by atoms with Crippen LogP contribution < -0.4 is 21.9 Å². The molecule has 0 unspecified atom stereocenters. The van der Waals surface area contributed by atoms with Crippen LogP contribution in [0.2, 0.25) is 0 Å². The maximum atomic E-state index is 11.7. The summed E-state index contributed by atoms with van der Waals surface area (Å²) >= 11 is 6.60. The highest BCUT2D eigenvalue weighted by atomic mass is 79.9. The lowest BCUT2D eigenvalue weighted by Gasteiger charge is -2.04. The van der Waals surface area contributed by atoms with Crippen LogP contribution in [0.4, 0.5) is 11.6 Å². The molecule has 0 aliphatic rings. The maximum absolute atomic E-state index is 11.7. The number of H-pyrrole nitrogens is 2. The van der Waals surface area contributed by atoms with Crippen LogP contribution in [0.5, 0.6) is 0 Å². The number of pyridine rings is 2. The van der Waals surface area contributed by atoms with Gasteiger partial charge in [0.2, 0.25) is 5.91 Å². The number of hydrogen-bond acceptors (Lipinski definition) is 4. The third-order valence-electron chi connectivity index (χ3n) is 3.92. The summed E-state index contributed by atoms with van der Waals surface area (Å²) in [4.78, 5) is 39.9. The highest BCUT2D eigenvalue weighted by Gasteiger charge is 2.03. The van der Waals surface area contributed by atoms with Crippen LogP contribution in [0.15, 0.2) is 67.1 Å². The normalized spacial score (nSPS) is 10.4. The summed E-state index contributed by atoms with van der Waals surface area (Å²) in [5.74, 6) is 0.583. The highest BCUT2D eigenvalue weighted by molar-refractivity contribution is 9.10. The topological polar surface area (TPSA) is 121 Å². The molecule has 1 amide bonds. The van der Waals surface area contributed by atoms with Crippen LogP contribution in [0.3, 0.4) is 0 Å². The van der Waals surface area contributed by atoms with Gasteiger partial charge in [-0.3, -0.25) is 14.4 Å². The van der Waals surface area contributed by atoms with Crippen molar-refractivity contribution in [2.45, 2.75) is 6.92 Å². The van der Waals surface area contributed by atoms with E-state index in [-0.39, 0.29) is 16.8 Å². The lowest BCUT2D eigenvalue weighted by Crippen LogP contribution is -2.11. The third kappa shape index (κ3) is 5.12. The van der Waals surface area contributed by atoms with E-state index in [0.29, 0.717) is 27.9 Å². The lowest BCUT2D eigenvalue weighted by molar-refractivity contribution is -0.114. The van der Waals surface area contributed by atoms with Gasteiger partial charge in [0.15, 0.2) is 10.9 Å². The van der Waals surface area contributed by atoms with E-state index < -0.39 is 0 Å². The average Bonchev–Trinajstić information content (AvgIpc) is 2.63. The van der Waals surface area contributed by atoms with Gasteiger partial charge in [-0.05, 0) is 36.4 Å². The number of nitrogens with one attached hydrogen (secondary N) is 3. The van der Waals surface area contributed by atoms with Crippen molar-refractivity contribution in [1.82, 2.24) is 9.97 Å². The summed E-state index contributed by atoms with van der Waals surface area (Å²) in [5, 5.41) is 3.77. The van der Waals surface area contributed by atoms with E-state index in [0.717, 1.165) is 14.5 Å². The lowest BCUT2D eigenvalue weighted by atomic mass is 10.2. The van der Waals surface area contributed by atoms with Crippen LogP contribution >= 0.6 is 31.9 Å². The molecule has 0 fully saturated rings. The molecule has 2 heterocycles. The summed E-state index contributed by atoms with van der Waals surface area (Å²) in [6.07, 6.45) is 0. The van der Waals surface area contributed by atoms with Crippen molar-refractivity contribution in [3.63, 3.8) is 0 Å². The number of halogens is 2. The first-order chi connectivity index (χ1) is 13.7. The van der Waals surface area contributed by atoms with E-state index in [1.54, 1.807) is 18.2 Å². The fourth-order valence-electron chi connectivity index (χ4n) is 2.72. The van der Waals surface area contributed by atoms with Crippen molar-refractivity contribution in [2.24, 2.45) is 0 Å². The van der Waals surface area contributed by atoms with Gasteiger partial charge >= 0.3 is 0 Å². The molecule has 0 bridgehead atoms. The van der Waals surface area contributed by atoms with Crippen LogP contribution in [0.25, 0.3) is 21.8 Å². The van der Waals surface area contributed by atoms with Gasteiger partial charge < -0.3 is 21.0 Å². The first kappa shape index (κ1) is 20.8. The summed E-state index contributed by atoms with van der Waals surface area (Å²) in [7, 11) is 0. The van der Waals surface area contributed by atoms with Crippen molar-refractivity contribution in [3.05, 3.63) is 77.9 Å². The van der Waals surface area contributed by atoms with Gasteiger partial charge in [-0.15, -0.1) is 0 Å². The number of nitrogen functional groups attached to an aromatic ring is 1. The Morgan fingerprint density at radius 3 is 1.93 bits per heavy atom. The maximum Gasteiger partial charge on any atom is 0.222 e. The van der Waals surface area contributed by atoms with Gasteiger partial charge in [0.25, 0.3) is 0 Å². The molecule has 148 valence electrons. The molecule has 0 atom stereocenters. The van der Waals surface area contributed by atoms with Gasteiger partial charge in [0.1, 0.15) is 11.6 Å². The molecule has 0 radical (unpaired) electrons. The number of anilines is 2. The van der Waals surface area contributed by atoms with Crippen molar-refractivity contribution in [1.29, 1.82) is 0 Å². The number of hydrogen-bond donors (Lipinski definition) is 4.